The Labute approximate surface area is 164 Å². The number of thiazole rings is 1. The van der Waals surface area contributed by atoms with E-state index in [1.54, 1.807) is 36.4 Å². The number of carbonyl (C=O) groups excluding carboxylic acids is 2. The molecule has 0 atom stereocenters. The van der Waals surface area contributed by atoms with Crippen molar-refractivity contribution in [1.29, 1.82) is 0 Å². The minimum absolute atomic E-state index is 0.256. The zero-order valence-electron chi connectivity index (χ0n) is 14.5. The molecule has 0 spiro atoms. The van der Waals surface area contributed by atoms with Crippen LogP contribution in [0.1, 0.15) is 22.4 Å². The number of hydrogen-bond acceptors (Lipinski definition) is 6. The van der Waals surface area contributed by atoms with Crippen LogP contribution in [0.5, 0.6) is 0 Å². The molecule has 2 rings (SSSR count). The highest BCUT2D eigenvalue weighted by molar-refractivity contribution is 9.10. The number of anilines is 1. The first-order chi connectivity index (χ1) is 12.5. The number of nitrogens with one attached hydrogen (secondary N) is 1. The number of urea groups is 1. The van der Waals surface area contributed by atoms with Gasteiger partial charge in [-0.15, -0.1) is 11.3 Å². The molecule has 0 radical (unpaired) electrons. The lowest BCUT2D eigenvalue weighted by atomic mass is 10.3. The molecule has 0 saturated heterocycles. The standard InChI is InChI=1S/C17H20BrN3O4S/c1-3-25-16(22)14-11-26-15(20-14)10-21(8-9-24-2)17(23)19-13-6-4-12(18)5-7-13/h4-7,11H,3,8-10H2,1-2H3,(H,19,23). The van der Waals surface area contributed by atoms with E-state index in [0.717, 1.165) is 4.47 Å². The van der Waals surface area contributed by atoms with Crippen LogP contribution < -0.4 is 5.32 Å². The molecule has 7 nitrogen and oxygen atoms in total. The van der Waals surface area contributed by atoms with Crippen LogP contribution in [0.2, 0.25) is 0 Å². The Kier molecular flexibility index (Phi) is 8.02. The fraction of sp³-hybridized carbons (Fsp3) is 0.353. The van der Waals surface area contributed by atoms with Crippen molar-refractivity contribution in [1.82, 2.24) is 9.88 Å². The fourth-order valence-corrected chi connectivity index (χ4v) is 3.08. The van der Waals surface area contributed by atoms with E-state index in [1.165, 1.54) is 11.3 Å². The molecule has 1 N–H and O–H groups in total. The zero-order valence-corrected chi connectivity index (χ0v) is 16.9. The summed E-state index contributed by atoms with van der Waals surface area (Å²) in [5.41, 5.74) is 0.943. The summed E-state index contributed by atoms with van der Waals surface area (Å²) in [5.74, 6) is -0.460. The average molecular weight is 442 g/mol. The number of halogens is 1. The third-order valence-electron chi connectivity index (χ3n) is 3.31. The molecule has 0 saturated carbocycles. The van der Waals surface area contributed by atoms with Crippen LogP contribution in [0, 0.1) is 0 Å². The maximum absolute atomic E-state index is 12.6. The topological polar surface area (TPSA) is 80.8 Å². The van der Waals surface area contributed by atoms with Gasteiger partial charge in [0.05, 0.1) is 19.8 Å². The third-order valence-corrected chi connectivity index (χ3v) is 4.67. The Bertz CT molecular complexity index is 736. The summed E-state index contributed by atoms with van der Waals surface area (Å²) < 4.78 is 10.9. The first kappa shape index (κ1) is 20.3. The maximum atomic E-state index is 12.6. The van der Waals surface area contributed by atoms with Gasteiger partial charge < -0.3 is 19.7 Å². The number of amides is 2. The van der Waals surface area contributed by atoms with Gasteiger partial charge in [0.2, 0.25) is 0 Å². The lowest BCUT2D eigenvalue weighted by Crippen LogP contribution is -2.36. The van der Waals surface area contributed by atoms with Crippen LogP contribution in [0.25, 0.3) is 0 Å². The molecule has 0 bridgehead atoms. The van der Waals surface area contributed by atoms with Crippen molar-refractivity contribution in [3.63, 3.8) is 0 Å². The number of nitrogens with zero attached hydrogens (tertiary/aromatic N) is 2. The lowest BCUT2D eigenvalue weighted by molar-refractivity contribution is 0.0520. The van der Waals surface area contributed by atoms with Crippen molar-refractivity contribution < 1.29 is 19.1 Å². The smallest absolute Gasteiger partial charge is 0.357 e. The molecule has 2 aromatic rings. The van der Waals surface area contributed by atoms with E-state index in [9.17, 15) is 9.59 Å². The van der Waals surface area contributed by atoms with Gasteiger partial charge in [0.25, 0.3) is 0 Å². The second kappa shape index (κ2) is 10.2. The fourth-order valence-electron chi connectivity index (χ4n) is 2.04. The van der Waals surface area contributed by atoms with E-state index in [2.05, 4.69) is 26.2 Å². The zero-order chi connectivity index (χ0) is 18.9. The summed E-state index contributed by atoms with van der Waals surface area (Å²) in [6.45, 7) is 3.10. The third kappa shape index (κ3) is 6.08. The minimum atomic E-state index is -0.460. The van der Waals surface area contributed by atoms with Crippen molar-refractivity contribution in [2.75, 3.05) is 32.2 Å². The summed E-state index contributed by atoms with van der Waals surface area (Å²) in [4.78, 5) is 30.1. The molecule has 0 aliphatic heterocycles. The molecule has 2 amide bonds. The molecule has 9 heteroatoms. The molecule has 1 aromatic heterocycles. The van der Waals surface area contributed by atoms with E-state index in [0.29, 0.717) is 30.5 Å². The number of benzene rings is 1. The number of aromatic nitrogens is 1. The van der Waals surface area contributed by atoms with Crippen LogP contribution in [0.3, 0.4) is 0 Å². The van der Waals surface area contributed by atoms with E-state index in [-0.39, 0.29) is 18.3 Å². The SMILES string of the molecule is CCOC(=O)c1csc(CN(CCOC)C(=O)Nc2ccc(Br)cc2)n1. The van der Waals surface area contributed by atoms with E-state index >= 15 is 0 Å². The molecule has 0 aliphatic carbocycles. The first-order valence-electron chi connectivity index (χ1n) is 7.95. The molecule has 140 valence electrons. The van der Waals surface area contributed by atoms with Gasteiger partial charge in [-0.3, -0.25) is 0 Å². The Morgan fingerprint density at radius 2 is 2.04 bits per heavy atom. The number of hydrogen-bond donors (Lipinski definition) is 1. The van der Waals surface area contributed by atoms with E-state index in [4.69, 9.17) is 9.47 Å². The van der Waals surface area contributed by atoms with Gasteiger partial charge in [-0.1, -0.05) is 15.9 Å². The van der Waals surface area contributed by atoms with Gasteiger partial charge in [0.15, 0.2) is 5.69 Å². The first-order valence-corrected chi connectivity index (χ1v) is 9.62. The van der Waals surface area contributed by atoms with Gasteiger partial charge >= 0.3 is 12.0 Å². The van der Waals surface area contributed by atoms with Gasteiger partial charge in [0, 0.05) is 29.2 Å². The highest BCUT2D eigenvalue weighted by Gasteiger charge is 2.18. The molecule has 1 heterocycles. The number of carbonyl (C=O) groups is 2. The molecule has 0 aliphatic rings. The van der Waals surface area contributed by atoms with Crippen molar-refractivity contribution in [3.8, 4) is 0 Å². The van der Waals surface area contributed by atoms with Crippen LogP contribution in [-0.4, -0.2) is 48.8 Å². The second-order valence-electron chi connectivity index (χ2n) is 5.20. The maximum Gasteiger partial charge on any atom is 0.357 e. The summed E-state index contributed by atoms with van der Waals surface area (Å²) in [5, 5.41) is 5.13. The Morgan fingerprint density at radius 3 is 2.69 bits per heavy atom. The summed E-state index contributed by atoms with van der Waals surface area (Å²) >= 11 is 4.67. The predicted molar refractivity (Wildman–Crippen MR) is 104 cm³/mol. The Morgan fingerprint density at radius 1 is 1.31 bits per heavy atom. The number of methoxy groups -OCH3 is 1. The van der Waals surface area contributed by atoms with Crippen LogP contribution >= 0.6 is 27.3 Å². The van der Waals surface area contributed by atoms with Gasteiger partial charge in [-0.05, 0) is 31.2 Å². The average Bonchev–Trinajstić information content (AvgIpc) is 3.09. The number of rotatable bonds is 8. The largest absolute Gasteiger partial charge is 0.461 e. The molecule has 26 heavy (non-hydrogen) atoms. The Balaban J connectivity index is 2.05. The van der Waals surface area contributed by atoms with Gasteiger partial charge in [0.1, 0.15) is 5.01 Å². The van der Waals surface area contributed by atoms with Crippen molar-refractivity contribution >= 4 is 45.0 Å². The van der Waals surface area contributed by atoms with Crippen molar-refractivity contribution in [3.05, 3.63) is 44.8 Å². The highest BCUT2D eigenvalue weighted by atomic mass is 79.9. The monoisotopic (exact) mass is 441 g/mol. The minimum Gasteiger partial charge on any atom is -0.461 e. The number of esters is 1. The predicted octanol–water partition coefficient (Wildman–Crippen LogP) is 3.76. The summed E-state index contributed by atoms with van der Waals surface area (Å²) in [7, 11) is 1.58. The van der Waals surface area contributed by atoms with Gasteiger partial charge in [-0.2, -0.15) is 0 Å². The van der Waals surface area contributed by atoms with E-state index < -0.39 is 5.97 Å². The number of ether oxygens (including phenoxy) is 2. The molecular weight excluding hydrogens is 422 g/mol. The normalized spacial score (nSPS) is 10.4. The molecular formula is C17H20BrN3O4S. The van der Waals surface area contributed by atoms with Crippen LogP contribution in [-0.2, 0) is 16.0 Å². The highest BCUT2D eigenvalue weighted by Crippen LogP contribution is 2.17. The Hall–Kier alpha value is -1.97. The van der Waals surface area contributed by atoms with Gasteiger partial charge in [-0.25, -0.2) is 14.6 Å². The summed E-state index contributed by atoms with van der Waals surface area (Å²) in [6.07, 6.45) is 0. The van der Waals surface area contributed by atoms with Crippen molar-refractivity contribution in [2.24, 2.45) is 0 Å². The lowest BCUT2D eigenvalue weighted by Gasteiger charge is -2.21. The molecule has 1 aromatic carbocycles. The second-order valence-corrected chi connectivity index (χ2v) is 7.06. The van der Waals surface area contributed by atoms with E-state index in [1.807, 2.05) is 12.1 Å². The molecule has 0 fully saturated rings. The molecule has 0 unspecified atom stereocenters. The van der Waals surface area contributed by atoms with Crippen molar-refractivity contribution in [2.45, 2.75) is 13.5 Å². The quantitative estimate of drug-likeness (QED) is 0.630. The van der Waals surface area contributed by atoms with Crippen LogP contribution in [0.15, 0.2) is 34.1 Å². The van der Waals surface area contributed by atoms with Crippen LogP contribution in [0.4, 0.5) is 10.5 Å². The summed E-state index contributed by atoms with van der Waals surface area (Å²) in [6, 6.07) is 7.04.